The van der Waals surface area contributed by atoms with E-state index in [0.717, 1.165) is 27.6 Å². The lowest BCUT2D eigenvalue weighted by molar-refractivity contribution is -0.116. The van der Waals surface area contributed by atoms with Crippen LogP contribution in [0.15, 0.2) is 67.0 Å². The lowest BCUT2D eigenvalue weighted by Crippen LogP contribution is -2.03. The Labute approximate surface area is 163 Å². The van der Waals surface area contributed by atoms with Crippen LogP contribution in [0.5, 0.6) is 0 Å². The highest BCUT2D eigenvalue weighted by Crippen LogP contribution is 2.32. The number of hydrogen-bond acceptors (Lipinski definition) is 3. The highest BCUT2D eigenvalue weighted by Gasteiger charge is 2.19. The van der Waals surface area contributed by atoms with Crippen LogP contribution in [0.4, 0.5) is 0 Å². The van der Waals surface area contributed by atoms with E-state index in [1.807, 2.05) is 61.5 Å². The van der Waals surface area contributed by atoms with Crippen LogP contribution < -0.4 is 0 Å². The number of rotatable bonds is 5. The van der Waals surface area contributed by atoms with Crippen molar-refractivity contribution in [1.82, 2.24) is 9.97 Å². The van der Waals surface area contributed by atoms with E-state index >= 15 is 0 Å². The van der Waals surface area contributed by atoms with Crippen molar-refractivity contribution < 1.29 is 9.59 Å². The summed E-state index contributed by atoms with van der Waals surface area (Å²) in [6.07, 6.45) is 3.85. The van der Waals surface area contributed by atoms with Crippen LogP contribution >= 0.6 is 0 Å². The number of aromatic nitrogens is 2. The first-order valence-electron chi connectivity index (χ1n) is 9.20. The number of fused-ring (bicyclic) bond motifs is 1. The SMILES string of the molecule is CC(=O)Cc1cccc(-c2ccnc3[nH]cc(C(=O)c4ccccc4C)c23)c1. The molecule has 138 valence electrons. The molecular formula is C24H20N2O2. The number of Topliss-reactive ketones (excluding diaryl/α,β-unsaturated/α-hetero) is 1. The van der Waals surface area contributed by atoms with E-state index in [1.54, 1.807) is 19.3 Å². The van der Waals surface area contributed by atoms with Crippen molar-refractivity contribution in [3.05, 3.63) is 89.2 Å². The molecule has 4 rings (SSSR count). The number of ketones is 2. The maximum atomic E-state index is 13.2. The smallest absolute Gasteiger partial charge is 0.195 e. The van der Waals surface area contributed by atoms with Gasteiger partial charge in [0.2, 0.25) is 0 Å². The predicted molar refractivity (Wildman–Crippen MR) is 111 cm³/mol. The van der Waals surface area contributed by atoms with E-state index in [9.17, 15) is 9.59 Å². The van der Waals surface area contributed by atoms with Gasteiger partial charge in [0.05, 0.1) is 5.56 Å². The molecule has 0 atom stereocenters. The Bertz CT molecular complexity index is 1200. The molecule has 0 saturated heterocycles. The molecular weight excluding hydrogens is 348 g/mol. The van der Waals surface area contributed by atoms with Gasteiger partial charge in [0.15, 0.2) is 5.78 Å². The lowest BCUT2D eigenvalue weighted by Gasteiger charge is -2.09. The van der Waals surface area contributed by atoms with Crippen LogP contribution in [0.1, 0.15) is 34.0 Å². The minimum Gasteiger partial charge on any atom is -0.345 e. The molecule has 0 saturated carbocycles. The summed E-state index contributed by atoms with van der Waals surface area (Å²) in [5.74, 6) is 0.0904. The highest BCUT2D eigenvalue weighted by atomic mass is 16.1. The van der Waals surface area contributed by atoms with Crippen molar-refractivity contribution in [1.29, 1.82) is 0 Å². The van der Waals surface area contributed by atoms with Crippen molar-refractivity contribution in [3.8, 4) is 11.1 Å². The van der Waals surface area contributed by atoms with E-state index in [1.165, 1.54) is 0 Å². The van der Waals surface area contributed by atoms with E-state index in [0.29, 0.717) is 23.2 Å². The number of aromatic amines is 1. The molecule has 0 fully saturated rings. The second kappa shape index (κ2) is 7.24. The first-order valence-corrected chi connectivity index (χ1v) is 9.20. The molecule has 4 aromatic rings. The largest absolute Gasteiger partial charge is 0.345 e. The zero-order chi connectivity index (χ0) is 19.7. The Hall–Kier alpha value is -3.53. The van der Waals surface area contributed by atoms with Crippen molar-refractivity contribution in [3.63, 3.8) is 0 Å². The van der Waals surface area contributed by atoms with E-state index in [-0.39, 0.29) is 11.6 Å². The van der Waals surface area contributed by atoms with Crippen LogP contribution in [0.25, 0.3) is 22.2 Å². The molecule has 4 nitrogen and oxygen atoms in total. The zero-order valence-electron chi connectivity index (χ0n) is 15.8. The van der Waals surface area contributed by atoms with Gasteiger partial charge in [0, 0.05) is 29.8 Å². The fourth-order valence-corrected chi connectivity index (χ4v) is 3.59. The summed E-state index contributed by atoms with van der Waals surface area (Å²) in [5.41, 5.74) is 5.74. The Morgan fingerprint density at radius 1 is 1.00 bits per heavy atom. The van der Waals surface area contributed by atoms with Crippen LogP contribution in [-0.2, 0) is 11.2 Å². The van der Waals surface area contributed by atoms with E-state index in [2.05, 4.69) is 9.97 Å². The van der Waals surface area contributed by atoms with Gasteiger partial charge in [-0.25, -0.2) is 4.98 Å². The lowest BCUT2D eigenvalue weighted by atomic mass is 9.94. The van der Waals surface area contributed by atoms with E-state index < -0.39 is 0 Å². The number of aryl methyl sites for hydroxylation is 1. The molecule has 0 aliphatic heterocycles. The summed E-state index contributed by atoms with van der Waals surface area (Å²) in [6, 6.07) is 17.4. The second-order valence-corrected chi connectivity index (χ2v) is 7.01. The quantitative estimate of drug-likeness (QED) is 0.510. The van der Waals surface area contributed by atoms with Gasteiger partial charge in [0.25, 0.3) is 0 Å². The van der Waals surface area contributed by atoms with Gasteiger partial charge in [-0.1, -0.05) is 48.5 Å². The number of hydrogen-bond donors (Lipinski definition) is 1. The molecule has 0 radical (unpaired) electrons. The molecule has 0 aliphatic carbocycles. The third-order valence-corrected chi connectivity index (χ3v) is 4.90. The molecule has 2 aromatic carbocycles. The fourth-order valence-electron chi connectivity index (χ4n) is 3.59. The Kier molecular flexibility index (Phi) is 4.62. The number of H-pyrrole nitrogens is 1. The molecule has 0 bridgehead atoms. The topological polar surface area (TPSA) is 62.8 Å². The minimum atomic E-state index is -0.0292. The first-order chi connectivity index (χ1) is 13.5. The third kappa shape index (κ3) is 3.25. The van der Waals surface area contributed by atoms with Gasteiger partial charge < -0.3 is 4.98 Å². The van der Waals surface area contributed by atoms with Crippen LogP contribution in [0.3, 0.4) is 0 Å². The van der Waals surface area contributed by atoms with Crippen LogP contribution in [0.2, 0.25) is 0 Å². The summed E-state index contributed by atoms with van der Waals surface area (Å²) in [4.78, 5) is 32.3. The summed E-state index contributed by atoms with van der Waals surface area (Å²) >= 11 is 0. The summed E-state index contributed by atoms with van der Waals surface area (Å²) < 4.78 is 0. The molecule has 28 heavy (non-hydrogen) atoms. The number of nitrogens with zero attached hydrogens (tertiary/aromatic N) is 1. The minimum absolute atomic E-state index is 0.0292. The average molecular weight is 368 g/mol. The Balaban J connectivity index is 1.88. The first kappa shape index (κ1) is 17.9. The standard InChI is InChI=1S/C24H20N2O2/c1-15-6-3-4-9-19(15)23(28)21-14-26-24-22(21)20(10-11-25-24)18-8-5-7-17(13-18)12-16(2)27/h3-11,13-14H,12H2,1-2H3,(H,25,26). The molecule has 0 aliphatic rings. The number of carbonyl (C=O) groups is 2. The van der Waals surface area contributed by atoms with Gasteiger partial charge in [-0.3, -0.25) is 9.59 Å². The normalized spacial score (nSPS) is 10.9. The van der Waals surface area contributed by atoms with Gasteiger partial charge in [-0.05, 0) is 42.2 Å². The fraction of sp³-hybridized carbons (Fsp3) is 0.125. The zero-order valence-corrected chi connectivity index (χ0v) is 15.8. The van der Waals surface area contributed by atoms with Crippen molar-refractivity contribution in [2.24, 2.45) is 0 Å². The number of benzene rings is 2. The molecule has 4 heteroatoms. The predicted octanol–water partition coefficient (Wildman–Crippen LogP) is 4.90. The molecule has 1 N–H and O–H groups in total. The monoisotopic (exact) mass is 368 g/mol. The summed E-state index contributed by atoms with van der Waals surface area (Å²) in [7, 11) is 0. The van der Waals surface area contributed by atoms with Gasteiger partial charge in [-0.15, -0.1) is 0 Å². The third-order valence-electron chi connectivity index (χ3n) is 4.90. The van der Waals surface area contributed by atoms with Crippen LogP contribution in [-0.4, -0.2) is 21.5 Å². The maximum absolute atomic E-state index is 13.2. The maximum Gasteiger partial charge on any atom is 0.195 e. The van der Waals surface area contributed by atoms with E-state index in [4.69, 9.17) is 0 Å². The van der Waals surface area contributed by atoms with Crippen molar-refractivity contribution >= 4 is 22.6 Å². The average Bonchev–Trinajstić information content (AvgIpc) is 3.12. The van der Waals surface area contributed by atoms with Crippen molar-refractivity contribution in [2.45, 2.75) is 20.3 Å². The summed E-state index contributed by atoms with van der Waals surface area (Å²) in [5, 5.41) is 0.802. The second-order valence-electron chi connectivity index (χ2n) is 7.01. The van der Waals surface area contributed by atoms with Crippen LogP contribution in [0, 0.1) is 6.92 Å². The van der Waals surface area contributed by atoms with Gasteiger partial charge in [0.1, 0.15) is 11.4 Å². The molecule has 0 spiro atoms. The molecule has 0 amide bonds. The number of carbonyl (C=O) groups excluding carboxylic acids is 2. The number of pyridine rings is 1. The molecule has 0 unspecified atom stereocenters. The molecule has 2 aromatic heterocycles. The Morgan fingerprint density at radius 3 is 2.61 bits per heavy atom. The Morgan fingerprint density at radius 2 is 1.82 bits per heavy atom. The van der Waals surface area contributed by atoms with Gasteiger partial charge >= 0.3 is 0 Å². The van der Waals surface area contributed by atoms with Crippen molar-refractivity contribution in [2.75, 3.05) is 0 Å². The molecule has 2 heterocycles. The number of nitrogens with one attached hydrogen (secondary N) is 1. The highest BCUT2D eigenvalue weighted by molar-refractivity contribution is 6.19. The summed E-state index contributed by atoms with van der Waals surface area (Å²) in [6.45, 7) is 3.52. The van der Waals surface area contributed by atoms with Gasteiger partial charge in [-0.2, -0.15) is 0 Å².